The Morgan fingerprint density at radius 2 is 1.73 bits per heavy atom. The molecule has 0 saturated heterocycles. The van der Waals surface area contributed by atoms with Crippen molar-refractivity contribution >= 4 is 11.6 Å². The molecule has 12 heteroatoms. The first-order chi connectivity index (χ1) is 12.1. The van der Waals surface area contributed by atoms with E-state index in [9.17, 15) is 26.3 Å². The van der Waals surface area contributed by atoms with E-state index >= 15 is 0 Å². The quantitative estimate of drug-likeness (QED) is 0.624. The molecule has 0 aliphatic carbocycles. The van der Waals surface area contributed by atoms with E-state index in [1.165, 1.54) is 29.2 Å². The molecule has 5 nitrogen and oxygen atoms in total. The maximum absolute atomic E-state index is 13.0. The molecule has 0 N–H and O–H groups in total. The maximum atomic E-state index is 13.0. The van der Waals surface area contributed by atoms with Crippen molar-refractivity contribution < 1.29 is 26.3 Å². The van der Waals surface area contributed by atoms with Gasteiger partial charge in [-0.1, -0.05) is 11.6 Å². The van der Waals surface area contributed by atoms with Crippen LogP contribution in [0.4, 0.5) is 26.3 Å². The monoisotopic (exact) mass is 395 g/mol. The zero-order chi connectivity index (χ0) is 19.1. The van der Waals surface area contributed by atoms with Crippen LogP contribution in [0.5, 0.6) is 0 Å². The largest absolute Gasteiger partial charge is 0.435 e. The number of rotatable bonds is 3. The lowest BCUT2D eigenvalue weighted by molar-refractivity contribution is -0.144. The molecule has 26 heavy (non-hydrogen) atoms. The third-order valence-electron chi connectivity index (χ3n) is 3.27. The van der Waals surface area contributed by atoms with Crippen molar-refractivity contribution in [3.63, 3.8) is 0 Å². The molecule has 0 spiro atoms. The van der Waals surface area contributed by atoms with Gasteiger partial charge in [-0.05, 0) is 18.2 Å². The Balaban J connectivity index is 1.95. The average molecular weight is 396 g/mol. The minimum Gasteiger partial charge on any atom is -0.254 e. The third-order valence-corrected chi connectivity index (χ3v) is 3.57. The van der Waals surface area contributed by atoms with Gasteiger partial charge in [0, 0.05) is 18.5 Å². The molecule has 0 aliphatic rings. The Labute approximate surface area is 146 Å². The van der Waals surface area contributed by atoms with Gasteiger partial charge in [0.25, 0.3) is 0 Å². The molecule has 0 bridgehead atoms. The summed E-state index contributed by atoms with van der Waals surface area (Å²) in [6.45, 7) is -0.609. The van der Waals surface area contributed by atoms with Crippen molar-refractivity contribution in [3.8, 4) is 5.82 Å². The molecule has 0 aliphatic heterocycles. The van der Waals surface area contributed by atoms with Crippen LogP contribution >= 0.6 is 11.6 Å². The Hall–Kier alpha value is -2.56. The minimum absolute atomic E-state index is 0.0351. The van der Waals surface area contributed by atoms with Crippen molar-refractivity contribution in [1.29, 1.82) is 0 Å². The van der Waals surface area contributed by atoms with Gasteiger partial charge in [0.1, 0.15) is 5.69 Å². The predicted molar refractivity (Wildman–Crippen MR) is 77.7 cm³/mol. The van der Waals surface area contributed by atoms with Crippen molar-refractivity contribution in [2.45, 2.75) is 18.9 Å². The first-order valence-corrected chi connectivity index (χ1v) is 7.31. The van der Waals surface area contributed by atoms with Crippen molar-refractivity contribution in [1.82, 2.24) is 24.5 Å². The van der Waals surface area contributed by atoms with Gasteiger partial charge in [0.2, 0.25) is 0 Å². The lowest BCUT2D eigenvalue weighted by Gasteiger charge is -2.08. The summed E-state index contributed by atoms with van der Waals surface area (Å²) in [7, 11) is 0. The summed E-state index contributed by atoms with van der Waals surface area (Å²) in [5.41, 5.74) is -3.10. The van der Waals surface area contributed by atoms with Gasteiger partial charge in [-0.3, -0.25) is 4.68 Å². The smallest absolute Gasteiger partial charge is 0.254 e. The zero-order valence-electron chi connectivity index (χ0n) is 12.6. The fraction of sp³-hybridized carbons (Fsp3) is 0.214. The number of hydrogen-bond acceptors (Lipinski definition) is 3. The van der Waals surface area contributed by atoms with Gasteiger partial charge in [-0.2, -0.15) is 36.5 Å². The number of aromatic nitrogens is 5. The molecule has 0 fully saturated rings. The van der Waals surface area contributed by atoms with E-state index in [-0.39, 0.29) is 27.3 Å². The van der Waals surface area contributed by atoms with E-state index in [1.807, 2.05) is 0 Å². The lowest BCUT2D eigenvalue weighted by atomic mass is 10.3. The summed E-state index contributed by atoms with van der Waals surface area (Å²) in [6.07, 6.45) is -7.17. The van der Waals surface area contributed by atoms with E-state index < -0.39 is 30.3 Å². The van der Waals surface area contributed by atoms with Crippen molar-refractivity contribution in [2.75, 3.05) is 0 Å². The third kappa shape index (κ3) is 3.66. The molecule has 0 radical (unpaired) electrons. The first-order valence-electron chi connectivity index (χ1n) is 6.93. The second-order valence-corrected chi connectivity index (χ2v) is 5.54. The van der Waals surface area contributed by atoms with Crippen LogP contribution in [-0.4, -0.2) is 24.5 Å². The summed E-state index contributed by atoms with van der Waals surface area (Å²) < 4.78 is 78.5. The SMILES string of the molecule is FC(F)(F)c1cc(C(F)(F)F)n(Cc2ccn(-c3ncccc3Cl)n2)n1. The molecule has 0 aromatic carbocycles. The van der Waals surface area contributed by atoms with Crippen molar-refractivity contribution in [2.24, 2.45) is 0 Å². The summed E-state index contributed by atoms with van der Waals surface area (Å²) in [4.78, 5) is 3.98. The average Bonchev–Trinajstić information content (AvgIpc) is 3.14. The fourth-order valence-electron chi connectivity index (χ4n) is 2.17. The lowest BCUT2D eigenvalue weighted by Crippen LogP contribution is -2.16. The van der Waals surface area contributed by atoms with Gasteiger partial charge in [0.05, 0.1) is 17.3 Å². The normalized spacial score (nSPS) is 12.6. The Bertz CT molecular complexity index is 927. The molecule has 0 saturated carbocycles. The van der Waals surface area contributed by atoms with Gasteiger partial charge in [0.15, 0.2) is 11.5 Å². The number of pyridine rings is 1. The van der Waals surface area contributed by atoms with Crippen LogP contribution in [0.1, 0.15) is 17.1 Å². The molecule has 0 atom stereocenters. The molecule has 138 valence electrons. The van der Waals surface area contributed by atoms with E-state index in [0.29, 0.717) is 0 Å². The van der Waals surface area contributed by atoms with Gasteiger partial charge >= 0.3 is 12.4 Å². The van der Waals surface area contributed by atoms with E-state index in [4.69, 9.17) is 11.6 Å². The molecule has 3 rings (SSSR count). The van der Waals surface area contributed by atoms with Crippen LogP contribution in [0, 0.1) is 0 Å². The molecule has 3 aromatic rings. The van der Waals surface area contributed by atoms with Gasteiger partial charge < -0.3 is 0 Å². The molecule has 3 heterocycles. The highest BCUT2D eigenvalue weighted by Crippen LogP contribution is 2.35. The highest BCUT2D eigenvalue weighted by molar-refractivity contribution is 6.32. The number of nitrogens with zero attached hydrogens (tertiary/aromatic N) is 5. The minimum atomic E-state index is -5.00. The number of alkyl halides is 6. The molecule has 0 amide bonds. The Morgan fingerprint density at radius 3 is 2.35 bits per heavy atom. The summed E-state index contributed by atoms with van der Waals surface area (Å²) in [5.74, 6) is 0.230. The zero-order valence-corrected chi connectivity index (χ0v) is 13.3. The first kappa shape index (κ1) is 18.2. The van der Waals surface area contributed by atoms with Crippen LogP contribution in [0.15, 0.2) is 36.7 Å². The molecule has 0 unspecified atom stereocenters. The molecular formula is C14H8ClF6N5. The van der Waals surface area contributed by atoms with Crippen LogP contribution < -0.4 is 0 Å². The van der Waals surface area contributed by atoms with Gasteiger partial charge in [-0.25, -0.2) is 9.67 Å². The molecular weight excluding hydrogens is 388 g/mol. The Kier molecular flexibility index (Phi) is 4.42. The second kappa shape index (κ2) is 6.31. The van der Waals surface area contributed by atoms with Crippen molar-refractivity contribution in [3.05, 3.63) is 58.8 Å². The van der Waals surface area contributed by atoms with Crippen LogP contribution in [0.3, 0.4) is 0 Å². The van der Waals surface area contributed by atoms with Gasteiger partial charge in [-0.15, -0.1) is 0 Å². The second-order valence-electron chi connectivity index (χ2n) is 5.13. The number of hydrogen-bond donors (Lipinski definition) is 0. The van der Waals surface area contributed by atoms with E-state index in [2.05, 4.69) is 15.2 Å². The number of halogens is 7. The predicted octanol–water partition coefficient (Wildman–Crippen LogP) is 4.20. The van der Waals surface area contributed by atoms with E-state index in [0.717, 1.165) is 0 Å². The highest BCUT2D eigenvalue weighted by atomic mass is 35.5. The summed E-state index contributed by atoms with van der Waals surface area (Å²) >= 11 is 5.95. The maximum Gasteiger partial charge on any atom is 0.435 e. The topological polar surface area (TPSA) is 48.5 Å². The van der Waals surface area contributed by atoms with Crippen LogP contribution in [-0.2, 0) is 18.9 Å². The van der Waals surface area contributed by atoms with E-state index in [1.54, 1.807) is 6.07 Å². The summed E-state index contributed by atoms with van der Waals surface area (Å²) in [5, 5.41) is 7.26. The summed E-state index contributed by atoms with van der Waals surface area (Å²) in [6, 6.07) is 4.41. The fourth-order valence-corrected chi connectivity index (χ4v) is 2.38. The van der Waals surface area contributed by atoms with Crippen LogP contribution in [0.2, 0.25) is 5.02 Å². The Morgan fingerprint density at radius 1 is 1.00 bits per heavy atom. The van der Waals surface area contributed by atoms with Crippen LogP contribution in [0.25, 0.3) is 5.82 Å². The standard InChI is InChI=1S/C14H8ClF6N5/c15-9-2-1-4-22-12(9)25-5-3-8(23-25)7-26-11(14(19,20)21)6-10(24-26)13(16,17)18/h1-6H,7H2. The molecule has 3 aromatic heterocycles. The highest BCUT2D eigenvalue weighted by Gasteiger charge is 2.41.